The van der Waals surface area contributed by atoms with Crippen LogP contribution in [0.25, 0.3) is 0 Å². The predicted octanol–water partition coefficient (Wildman–Crippen LogP) is -0.606. The predicted molar refractivity (Wildman–Crippen MR) is 59.6 cm³/mol. The Labute approximate surface area is 100 Å². The van der Waals surface area contributed by atoms with Gasteiger partial charge in [-0.15, -0.1) is 0 Å². The Morgan fingerprint density at radius 1 is 1.24 bits per heavy atom. The van der Waals surface area contributed by atoms with E-state index in [2.05, 4.69) is 0 Å². The smallest absolute Gasteiger partial charge is 0.334 e. The first-order valence-electron chi connectivity index (χ1n) is 6.01. The van der Waals surface area contributed by atoms with Crippen LogP contribution in [0, 0.1) is 0 Å². The van der Waals surface area contributed by atoms with Crippen LogP contribution in [-0.4, -0.2) is 72.2 Å². The molecule has 2 rings (SSSR count). The molecule has 1 N–H and O–H groups in total. The molecule has 2 fully saturated rings. The van der Waals surface area contributed by atoms with Crippen LogP contribution in [0.2, 0.25) is 0 Å². The second kappa shape index (κ2) is 5.46. The molecule has 17 heavy (non-hydrogen) atoms. The molecule has 96 valence electrons. The van der Waals surface area contributed by atoms with Crippen LogP contribution in [0.3, 0.4) is 0 Å². The molecule has 6 nitrogen and oxygen atoms in total. The summed E-state index contributed by atoms with van der Waals surface area (Å²) in [6.07, 6.45) is 1.36. The van der Waals surface area contributed by atoms with E-state index in [-0.39, 0.29) is 5.91 Å². The van der Waals surface area contributed by atoms with Crippen LogP contribution >= 0.6 is 0 Å². The first kappa shape index (κ1) is 12.3. The molecule has 2 saturated heterocycles. The van der Waals surface area contributed by atoms with E-state index in [4.69, 9.17) is 9.84 Å². The molecule has 0 aromatic rings. The highest BCUT2D eigenvalue weighted by molar-refractivity contribution is 5.78. The van der Waals surface area contributed by atoms with Crippen LogP contribution in [0.5, 0.6) is 0 Å². The number of ether oxygens (including phenoxy) is 1. The third kappa shape index (κ3) is 3.17. The van der Waals surface area contributed by atoms with Crippen molar-refractivity contribution < 1.29 is 19.4 Å². The van der Waals surface area contributed by atoms with E-state index in [0.717, 1.165) is 25.9 Å². The normalized spacial score (nSPS) is 26.1. The maximum Gasteiger partial charge on any atom is 0.334 e. The standard InChI is InChI=1S/C11H18N2O4/c14-10(13-3-1-2-4-13)8-12-5-6-17-9(7-12)11(15)16/h9H,1-8H2,(H,15,16). The molecule has 1 unspecified atom stereocenters. The van der Waals surface area contributed by atoms with E-state index >= 15 is 0 Å². The first-order chi connectivity index (χ1) is 8.16. The van der Waals surface area contributed by atoms with Gasteiger partial charge in [0.1, 0.15) is 0 Å². The number of rotatable bonds is 3. The van der Waals surface area contributed by atoms with Crippen LogP contribution in [0.4, 0.5) is 0 Å². The van der Waals surface area contributed by atoms with E-state index in [1.165, 1.54) is 0 Å². The maximum atomic E-state index is 11.9. The van der Waals surface area contributed by atoms with Crippen molar-refractivity contribution in [2.24, 2.45) is 0 Å². The minimum Gasteiger partial charge on any atom is -0.479 e. The van der Waals surface area contributed by atoms with Crippen LogP contribution in [0.15, 0.2) is 0 Å². The number of aliphatic carboxylic acids is 1. The van der Waals surface area contributed by atoms with Gasteiger partial charge in [0.05, 0.1) is 13.2 Å². The minimum atomic E-state index is -0.955. The lowest BCUT2D eigenvalue weighted by atomic mass is 10.2. The van der Waals surface area contributed by atoms with Gasteiger partial charge in [-0.05, 0) is 12.8 Å². The van der Waals surface area contributed by atoms with Crippen LogP contribution in [-0.2, 0) is 14.3 Å². The Hall–Kier alpha value is -1.14. The number of carbonyl (C=O) groups excluding carboxylic acids is 1. The quantitative estimate of drug-likeness (QED) is 0.715. The Morgan fingerprint density at radius 2 is 1.94 bits per heavy atom. The van der Waals surface area contributed by atoms with Crippen molar-refractivity contribution in [2.45, 2.75) is 18.9 Å². The van der Waals surface area contributed by atoms with E-state index in [9.17, 15) is 9.59 Å². The van der Waals surface area contributed by atoms with Gasteiger partial charge in [0.2, 0.25) is 5.91 Å². The molecule has 0 aromatic carbocycles. The van der Waals surface area contributed by atoms with Crippen molar-refractivity contribution in [2.75, 3.05) is 39.3 Å². The molecule has 0 spiro atoms. The van der Waals surface area contributed by atoms with Gasteiger partial charge in [-0.1, -0.05) is 0 Å². The second-order valence-electron chi connectivity index (χ2n) is 4.52. The van der Waals surface area contributed by atoms with E-state index in [0.29, 0.717) is 26.2 Å². The Kier molecular flexibility index (Phi) is 3.96. The highest BCUT2D eigenvalue weighted by Gasteiger charge is 2.28. The van der Waals surface area contributed by atoms with Crippen molar-refractivity contribution in [1.29, 1.82) is 0 Å². The average Bonchev–Trinajstić information content (AvgIpc) is 2.82. The van der Waals surface area contributed by atoms with Gasteiger partial charge in [0.25, 0.3) is 0 Å². The number of hydrogen-bond acceptors (Lipinski definition) is 4. The summed E-state index contributed by atoms with van der Waals surface area (Å²) >= 11 is 0. The molecule has 0 bridgehead atoms. The topological polar surface area (TPSA) is 70.1 Å². The molecule has 2 heterocycles. The third-order valence-corrected chi connectivity index (χ3v) is 3.24. The molecule has 2 aliphatic rings. The number of carboxylic acids is 1. The highest BCUT2D eigenvalue weighted by atomic mass is 16.5. The molecule has 1 atom stereocenters. The molecular formula is C11H18N2O4. The number of morpholine rings is 1. The fourth-order valence-corrected chi connectivity index (χ4v) is 2.25. The summed E-state index contributed by atoms with van der Waals surface area (Å²) in [7, 11) is 0. The monoisotopic (exact) mass is 242 g/mol. The van der Waals surface area contributed by atoms with Crippen molar-refractivity contribution in [3.05, 3.63) is 0 Å². The summed E-state index contributed by atoms with van der Waals surface area (Å²) in [6, 6.07) is 0. The van der Waals surface area contributed by atoms with Crippen molar-refractivity contribution in [3.63, 3.8) is 0 Å². The SMILES string of the molecule is O=C(O)C1CN(CC(=O)N2CCCC2)CCO1. The van der Waals surface area contributed by atoms with Gasteiger partial charge >= 0.3 is 5.97 Å². The largest absolute Gasteiger partial charge is 0.479 e. The Bertz CT molecular complexity index is 302. The third-order valence-electron chi connectivity index (χ3n) is 3.24. The number of amides is 1. The summed E-state index contributed by atoms with van der Waals surface area (Å²) in [6.45, 7) is 3.30. The first-order valence-corrected chi connectivity index (χ1v) is 6.01. The number of likely N-dealkylation sites (tertiary alicyclic amines) is 1. The zero-order valence-corrected chi connectivity index (χ0v) is 9.80. The van der Waals surface area contributed by atoms with Crippen molar-refractivity contribution >= 4 is 11.9 Å². The number of carbonyl (C=O) groups is 2. The Morgan fingerprint density at radius 3 is 2.59 bits per heavy atom. The van der Waals surface area contributed by atoms with E-state index in [1.807, 2.05) is 9.80 Å². The molecule has 1 amide bonds. The lowest BCUT2D eigenvalue weighted by Gasteiger charge is -2.31. The fourth-order valence-electron chi connectivity index (χ4n) is 2.25. The molecular weight excluding hydrogens is 224 g/mol. The van der Waals surface area contributed by atoms with Crippen LogP contribution in [0.1, 0.15) is 12.8 Å². The van der Waals surface area contributed by atoms with Gasteiger partial charge in [-0.3, -0.25) is 9.69 Å². The van der Waals surface area contributed by atoms with Gasteiger partial charge in [0.15, 0.2) is 6.10 Å². The maximum absolute atomic E-state index is 11.9. The molecule has 6 heteroatoms. The second-order valence-corrected chi connectivity index (χ2v) is 4.52. The number of nitrogens with zero attached hydrogens (tertiary/aromatic N) is 2. The molecule has 2 aliphatic heterocycles. The lowest BCUT2D eigenvalue weighted by molar-refractivity contribution is -0.157. The average molecular weight is 242 g/mol. The van der Waals surface area contributed by atoms with Crippen molar-refractivity contribution in [1.82, 2.24) is 9.80 Å². The van der Waals surface area contributed by atoms with Gasteiger partial charge in [-0.2, -0.15) is 0 Å². The summed E-state index contributed by atoms with van der Waals surface area (Å²) in [4.78, 5) is 26.4. The van der Waals surface area contributed by atoms with E-state index < -0.39 is 12.1 Å². The van der Waals surface area contributed by atoms with Crippen LogP contribution < -0.4 is 0 Å². The Balaban J connectivity index is 1.81. The molecule has 0 radical (unpaired) electrons. The zero-order valence-electron chi connectivity index (χ0n) is 9.80. The fraction of sp³-hybridized carbons (Fsp3) is 0.818. The summed E-state index contributed by atoms with van der Waals surface area (Å²) in [5.74, 6) is -0.850. The van der Waals surface area contributed by atoms with Crippen molar-refractivity contribution in [3.8, 4) is 0 Å². The highest BCUT2D eigenvalue weighted by Crippen LogP contribution is 2.10. The molecule has 0 aliphatic carbocycles. The molecule has 0 saturated carbocycles. The minimum absolute atomic E-state index is 0.105. The van der Waals surface area contributed by atoms with Gasteiger partial charge in [-0.25, -0.2) is 4.79 Å². The van der Waals surface area contributed by atoms with Gasteiger partial charge < -0.3 is 14.7 Å². The van der Waals surface area contributed by atoms with Gasteiger partial charge in [0, 0.05) is 26.2 Å². The summed E-state index contributed by atoms with van der Waals surface area (Å²) < 4.78 is 5.11. The zero-order chi connectivity index (χ0) is 12.3. The molecule has 0 aromatic heterocycles. The number of hydrogen-bond donors (Lipinski definition) is 1. The number of carboxylic acid groups (broad SMARTS) is 1. The van der Waals surface area contributed by atoms with E-state index in [1.54, 1.807) is 0 Å². The summed E-state index contributed by atoms with van der Waals surface area (Å²) in [5.41, 5.74) is 0. The lowest BCUT2D eigenvalue weighted by Crippen LogP contribution is -2.49. The summed E-state index contributed by atoms with van der Waals surface area (Å²) in [5, 5.41) is 8.85.